The SMILES string of the molecule is CC(=O)c1cccc(NC(=O)CN2C(=O)N[C@](C)(c3cccc4ccccc34)C2=O)c1. The summed E-state index contributed by atoms with van der Waals surface area (Å²) >= 11 is 0. The van der Waals surface area contributed by atoms with Crippen molar-refractivity contribution in [1.29, 1.82) is 0 Å². The molecule has 1 aliphatic rings. The number of fused-ring (bicyclic) bond motifs is 1. The second-order valence-electron chi connectivity index (χ2n) is 7.66. The summed E-state index contributed by atoms with van der Waals surface area (Å²) in [5.74, 6) is -1.16. The number of nitrogens with one attached hydrogen (secondary N) is 2. The number of hydrogen-bond donors (Lipinski definition) is 2. The van der Waals surface area contributed by atoms with Gasteiger partial charge in [0.1, 0.15) is 12.1 Å². The summed E-state index contributed by atoms with van der Waals surface area (Å²) in [7, 11) is 0. The molecule has 1 heterocycles. The maximum atomic E-state index is 13.2. The van der Waals surface area contributed by atoms with E-state index in [1.54, 1.807) is 37.3 Å². The molecule has 2 N–H and O–H groups in total. The number of carbonyl (C=O) groups excluding carboxylic acids is 4. The average Bonchev–Trinajstić information content (AvgIpc) is 2.97. The first-order valence-electron chi connectivity index (χ1n) is 9.83. The van der Waals surface area contributed by atoms with Crippen LogP contribution in [0.25, 0.3) is 10.8 Å². The Labute approximate surface area is 179 Å². The summed E-state index contributed by atoms with van der Waals surface area (Å²) < 4.78 is 0. The van der Waals surface area contributed by atoms with Crippen LogP contribution in [0.4, 0.5) is 10.5 Å². The van der Waals surface area contributed by atoms with Gasteiger partial charge in [0, 0.05) is 11.3 Å². The Bertz CT molecular complexity index is 1230. The first kappa shape index (κ1) is 20.3. The smallest absolute Gasteiger partial charge is 0.325 e. The number of hydrogen-bond acceptors (Lipinski definition) is 4. The standard InChI is InChI=1S/C24H21N3O4/c1-15(28)17-9-5-10-18(13-17)25-21(29)14-27-22(30)24(2,26-23(27)31)20-12-6-8-16-7-3-4-11-19(16)20/h3-13H,14H2,1-2H3,(H,25,29)(H,26,31)/t24-/m1/s1. The van der Waals surface area contributed by atoms with Crippen molar-refractivity contribution in [3.05, 3.63) is 77.9 Å². The van der Waals surface area contributed by atoms with Crippen LogP contribution in [0.15, 0.2) is 66.7 Å². The van der Waals surface area contributed by atoms with E-state index in [9.17, 15) is 19.2 Å². The second-order valence-corrected chi connectivity index (χ2v) is 7.66. The summed E-state index contributed by atoms with van der Waals surface area (Å²) in [5, 5.41) is 7.19. The largest absolute Gasteiger partial charge is 0.325 e. The van der Waals surface area contributed by atoms with Gasteiger partial charge in [-0.3, -0.25) is 19.3 Å². The Hall–Kier alpha value is -4.00. The Morgan fingerprint density at radius 1 is 1.00 bits per heavy atom. The quantitative estimate of drug-likeness (QED) is 0.493. The first-order valence-corrected chi connectivity index (χ1v) is 9.83. The Kier molecular flexibility index (Phi) is 5.02. The lowest BCUT2D eigenvalue weighted by Gasteiger charge is -2.24. The fourth-order valence-corrected chi connectivity index (χ4v) is 3.84. The number of urea groups is 1. The van der Waals surface area contributed by atoms with Gasteiger partial charge in [-0.2, -0.15) is 0 Å². The average molecular weight is 415 g/mol. The van der Waals surface area contributed by atoms with Crippen molar-refractivity contribution in [2.24, 2.45) is 0 Å². The van der Waals surface area contributed by atoms with Crippen LogP contribution in [-0.4, -0.2) is 35.1 Å². The molecule has 0 saturated carbocycles. The minimum atomic E-state index is -1.28. The number of imide groups is 1. The highest BCUT2D eigenvalue weighted by molar-refractivity contribution is 6.11. The van der Waals surface area contributed by atoms with Crippen molar-refractivity contribution >= 4 is 40.1 Å². The number of anilines is 1. The van der Waals surface area contributed by atoms with Crippen molar-refractivity contribution in [1.82, 2.24) is 10.2 Å². The van der Waals surface area contributed by atoms with Crippen molar-refractivity contribution < 1.29 is 19.2 Å². The van der Waals surface area contributed by atoms with E-state index in [0.29, 0.717) is 16.8 Å². The van der Waals surface area contributed by atoms with Crippen LogP contribution < -0.4 is 10.6 Å². The third-order valence-electron chi connectivity index (χ3n) is 5.46. The van der Waals surface area contributed by atoms with Crippen molar-refractivity contribution in [2.45, 2.75) is 19.4 Å². The van der Waals surface area contributed by atoms with Gasteiger partial charge in [-0.25, -0.2) is 4.79 Å². The third-order valence-corrected chi connectivity index (χ3v) is 5.46. The van der Waals surface area contributed by atoms with E-state index in [0.717, 1.165) is 15.7 Å². The predicted molar refractivity (Wildman–Crippen MR) is 117 cm³/mol. The number of amides is 4. The molecular weight excluding hydrogens is 394 g/mol. The molecule has 0 aliphatic carbocycles. The third kappa shape index (κ3) is 3.66. The van der Waals surface area contributed by atoms with Crippen LogP contribution in [-0.2, 0) is 15.1 Å². The lowest BCUT2D eigenvalue weighted by atomic mass is 9.88. The van der Waals surface area contributed by atoms with E-state index in [1.807, 2.05) is 36.4 Å². The topological polar surface area (TPSA) is 95.6 Å². The molecule has 1 fully saturated rings. The van der Waals surface area contributed by atoms with Gasteiger partial charge in [0.2, 0.25) is 5.91 Å². The molecule has 4 amide bonds. The molecule has 3 aromatic rings. The zero-order valence-corrected chi connectivity index (χ0v) is 17.1. The van der Waals surface area contributed by atoms with Gasteiger partial charge in [0.25, 0.3) is 5.91 Å². The molecule has 3 aromatic carbocycles. The van der Waals surface area contributed by atoms with Gasteiger partial charge in [-0.1, -0.05) is 54.6 Å². The van der Waals surface area contributed by atoms with E-state index in [4.69, 9.17) is 0 Å². The summed E-state index contributed by atoms with van der Waals surface area (Å²) in [4.78, 5) is 50.8. The maximum Gasteiger partial charge on any atom is 0.325 e. The molecule has 1 aliphatic heterocycles. The monoisotopic (exact) mass is 415 g/mol. The first-order chi connectivity index (χ1) is 14.8. The minimum absolute atomic E-state index is 0.129. The molecule has 1 saturated heterocycles. The molecule has 7 nitrogen and oxygen atoms in total. The summed E-state index contributed by atoms with van der Waals surface area (Å²) in [6, 6.07) is 19.0. The number of ketones is 1. The molecule has 0 unspecified atom stereocenters. The lowest BCUT2D eigenvalue weighted by Crippen LogP contribution is -2.42. The van der Waals surface area contributed by atoms with E-state index < -0.39 is 29.9 Å². The van der Waals surface area contributed by atoms with Gasteiger partial charge in [0.15, 0.2) is 5.78 Å². The van der Waals surface area contributed by atoms with Crippen LogP contribution in [0.2, 0.25) is 0 Å². The van der Waals surface area contributed by atoms with Gasteiger partial charge >= 0.3 is 6.03 Å². The maximum absolute atomic E-state index is 13.2. The van der Waals surface area contributed by atoms with Crippen LogP contribution in [0, 0.1) is 0 Å². The summed E-state index contributed by atoms with van der Waals surface area (Å²) in [6.07, 6.45) is 0. The van der Waals surface area contributed by atoms with Gasteiger partial charge in [-0.15, -0.1) is 0 Å². The van der Waals surface area contributed by atoms with Crippen LogP contribution in [0.3, 0.4) is 0 Å². The highest BCUT2D eigenvalue weighted by Gasteiger charge is 2.50. The van der Waals surface area contributed by atoms with Crippen molar-refractivity contribution in [3.8, 4) is 0 Å². The fourth-order valence-electron chi connectivity index (χ4n) is 3.84. The van der Waals surface area contributed by atoms with Crippen molar-refractivity contribution in [3.63, 3.8) is 0 Å². The summed E-state index contributed by atoms with van der Waals surface area (Å²) in [6.45, 7) is 2.64. The highest BCUT2D eigenvalue weighted by Crippen LogP contribution is 2.33. The summed E-state index contributed by atoms with van der Waals surface area (Å²) in [5.41, 5.74) is 0.256. The van der Waals surface area contributed by atoms with Crippen LogP contribution >= 0.6 is 0 Å². The zero-order valence-electron chi connectivity index (χ0n) is 17.1. The molecule has 0 bridgehead atoms. The lowest BCUT2D eigenvalue weighted by molar-refractivity contribution is -0.133. The van der Waals surface area contributed by atoms with Gasteiger partial charge in [0.05, 0.1) is 0 Å². The van der Waals surface area contributed by atoms with E-state index in [1.165, 1.54) is 6.92 Å². The highest BCUT2D eigenvalue weighted by atomic mass is 16.2. The van der Waals surface area contributed by atoms with E-state index >= 15 is 0 Å². The predicted octanol–water partition coefficient (Wildman–Crippen LogP) is 3.45. The Balaban J connectivity index is 1.56. The molecule has 0 aromatic heterocycles. The molecular formula is C24H21N3O4. The number of rotatable bonds is 5. The number of carbonyl (C=O) groups is 4. The molecule has 7 heteroatoms. The van der Waals surface area contributed by atoms with Gasteiger partial charge < -0.3 is 10.6 Å². The fraction of sp³-hybridized carbons (Fsp3) is 0.167. The normalized spacial score (nSPS) is 18.2. The zero-order chi connectivity index (χ0) is 22.2. The Morgan fingerprint density at radius 3 is 2.48 bits per heavy atom. The van der Waals surface area contributed by atoms with Crippen LogP contribution in [0.5, 0.6) is 0 Å². The van der Waals surface area contributed by atoms with E-state index in [-0.39, 0.29) is 5.78 Å². The molecule has 31 heavy (non-hydrogen) atoms. The number of benzene rings is 3. The van der Waals surface area contributed by atoms with Gasteiger partial charge in [-0.05, 0) is 42.3 Å². The molecule has 156 valence electrons. The minimum Gasteiger partial charge on any atom is -0.325 e. The molecule has 1 atom stereocenters. The number of nitrogens with zero attached hydrogens (tertiary/aromatic N) is 1. The van der Waals surface area contributed by atoms with Crippen LogP contribution in [0.1, 0.15) is 29.8 Å². The van der Waals surface area contributed by atoms with Crippen molar-refractivity contribution in [2.75, 3.05) is 11.9 Å². The molecule has 4 rings (SSSR count). The molecule has 0 radical (unpaired) electrons. The molecule has 0 spiro atoms. The van der Waals surface area contributed by atoms with E-state index in [2.05, 4.69) is 10.6 Å². The number of Topliss-reactive ketones (excluding diaryl/α,β-unsaturated/α-hetero) is 1. The Morgan fingerprint density at radius 2 is 1.71 bits per heavy atom. The second kappa shape index (κ2) is 7.68.